The molecule has 9 nitrogen and oxygen atoms in total. The van der Waals surface area contributed by atoms with E-state index in [4.69, 9.17) is 34.8 Å². The first-order valence-electron chi connectivity index (χ1n) is 7.99. The van der Waals surface area contributed by atoms with Crippen LogP contribution in [-0.2, 0) is 17.9 Å². The number of amides is 1. The monoisotopic (exact) mass is 520 g/mol. The number of benzene rings is 1. The molecule has 0 aliphatic rings. The number of halogens is 4. The highest BCUT2D eigenvalue weighted by molar-refractivity contribution is 9.10. The minimum atomic E-state index is -0.633. The van der Waals surface area contributed by atoms with Crippen molar-refractivity contribution in [3.05, 3.63) is 65.3 Å². The number of carbonyl (C=O) groups is 1. The van der Waals surface area contributed by atoms with Crippen LogP contribution in [0.5, 0.6) is 0 Å². The highest BCUT2D eigenvalue weighted by Gasteiger charge is 2.25. The lowest BCUT2D eigenvalue weighted by molar-refractivity contribution is -0.390. The number of hydrogen-bond acceptors (Lipinski definition) is 5. The Morgan fingerprint density at radius 2 is 2.00 bits per heavy atom. The molecule has 0 saturated carbocycles. The maximum atomic E-state index is 12.3. The van der Waals surface area contributed by atoms with Gasteiger partial charge in [-0.15, -0.1) is 0 Å². The van der Waals surface area contributed by atoms with Gasteiger partial charge in [0.1, 0.15) is 16.0 Å². The van der Waals surface area contributed by atoms with Gasteiger partial charge in [0, 0.05) is 16.2 Å². The fourth-order valence-corrected chi connectivity index (χ4v) is 3.57. The van der Waals surface area contributed by atoms with E-state index >= 15 is 0 Å². The molecule has 0 radical (unpaired) electrons. The summed E-state index contributed by atoms with van der Waals surface area (Å²) in [6, 6.07) is 5.10. The zero-order valence-electron chi connectivity index (χ0n) is 14.7. The van der Waals surface area contributed by atoms with E-state index in [0.29, 0.717) is 22.3 Å². The molecule has 2 heterocycles. The van der Waals surface area contributed by atoms with Crippen molar-refractivity contribution in [3.63, 3.8) is 0 Å². The van der Waals surface area contributed by atoms with Gasteiger partial charge in [0.25, 0.3) is 0 Å². The predicted octanol–water partition coefficient (Wildman–Crippen LogP) is 4.71. The summed E-state index contributed by atoms with van der Waals surface area (Å²) in [7, 11) is 0. The lowest BCUT2D eigenvalue weighted by atomic mass is 10.2. The summed E-state index contributed by atoms with van der Waals surface area (Å²) in [6.07, 6.45) is 1.54. The molecule has 1 N–H and O–H groups in total. The van der Waals surface area contributed by atoms with Crippen molar-refractivity contribution in [2.45, 2.75) is 20.0 Å². The molecular weight excluding hydrogens is 510 g/mol. The van der Waals surface area contributed by atoms with Crippen LogP contribution in [0, 0.1) is 17.0 Å². The van der Waals surface area contributed by atoms with E-state index in [2.05, 4.69) is 31.4 Å². The number of anilines is 1. The summed E-state index contributed by atoms with van der Waals surface area (Å²) < 4.78 is 2.96. The molecule has 0 bridgehead atoms. The Morgan fingerprint density at radius 3 is 2.62 bits per heavy atom. The number of hydrogen-bond donors (Lipinski definition) is 1. The van der Waals surface area contributed by atoms with Crippen LogP contribution in [0.4, 0.5) is 11.6 Å². The Morgan fingerprint density at radius 1 is 1.28 bits per heavy atom. The third kappa shape index (κ3) is 4.89. The number of rotatable bonds is 6. The maximum absolute atomic E-state index is 12.3. The molecule has 0 spiro atoms. The standard InChI is InChI=1S/C16H12BrCl3N6O3/c1-8-14(17)16(26(28)29)23-25(8)7-13(27)21-15-12(20)6-24(22-15)5-9-2-3-10(18)4-11(9)19/h2-4,6H,5,7H2,1H3,(H,21,22,27). The largest absolute Gasteiger partial charge is 0.404 e. The first kappa shape index (κ1) is 21.6. The van der Waals surface area contributed by atoms with Gasteiger partial charge in [-0.1, -0.05) is 40.9 Å². The van der Waals surface area contributed by atoms with Crippen LogP contribution in [0.2, 0.25) is 15.1 Å². The quantitative estimate of drug-likeness (QED) is 0.373. The normalized spacial score (nSPS) is 10.9. The van der Waals surface area contributed by atoms with Gasteiger partial charge in [-0.05, 0) is 45.5 Å². The molecule has 0 unspecified atom stereocenters. The van der Waals surface area contributed by atoms with Gasteiger partial charge in [0.05, 0.1) is 17.3 Å². The molecule has 0 fully saturated rings. The van der Waals surface area contributed by atoms with E-state index < -0.39 is 10.8 Å². The van der Waals surface area contributed by atoms with Gasteiger partial charge >= 0.3 is 5.82 Å². The topological polar surface area (TPSA) is 108 Å². The average molecular weight is 523 g/mol. The van der Waals surface area contributed by atoms with Gasteiger partial charge in [0.2, 0.25) is 5.91 Å². The molecule has 0 aliphatic carbocycles. The summed E-state index contributed by atoms with van der Waals surface area (Å²) in [6.45, 7) is 1.68. The van der Waals surface area contributed by atoms with Gasteiger partial charge in [0.15, 0.2) is 5.82 Å². The molecule has 3 aromatic rings. The third-order valence-electron chi connectivity index (χ3n) is 3.91. The molecule has 1 aromatic carbocycles. The fourth-order valence-electron chi connectivity index (χ4n) is 2.47. The van der Waals surface area contributed by atoms with Gasteiger partial charge in [-0.3, -0.25) is 9.48 Å². The maximum Gasteiger partial charge on any atom is 0.404 e. The first-order chi connectivity index (χ1) is 13.7. The van der Waals surface area contributed by atoms with Crippen LogP contribution < -0.4 is 5.32 Å². The third-order valence-corrected chi connectivity index (χ3v) is 5.70. The molecule has 152 valence electrons. The van der Waals surface area contributed by atoms with Crippen LogP contribution >= 0.6 is 50.7 Å². The number of carbonyl (C=O) groups excluding carboxylic acids is 1. The summed E-state index contributed by atoms with van der Waals surface area (Å²) in [4.78, 5) is 22.7. The zero-order valence-corrected chi connectivity index (χ0v) is 18.6. The summed E-state index contributed by atoms with van der Waals surface area (Å²) in [5.74, 6) is -0.702. The van der Waals surface area contributed by atoms with Crippen LogP contribution in [0.15, 0.2) is 28.9 Å². The lowest BCUT2D eigenvalue weighted by Gasteiger charge is -2.05. The summed E-state index contributed by atoms with van der Waals surface area (Å²) in [5.41, 5.74) is 1.22. The molecule has 1 amide bonds. The second-order valence-corrected chi connectivity index (χ2v) is 7.99. The number of nitrogens with zero attached hydrogens (tertiary/aromatic N) is 5. The van der Waals surface area contributed by atoms with Crippen LogP contribution in [0.25, 0.3) is 0 Å². The molecule has 29 heavy (non-hydrogen) atoms. The molecular formula is C16H12BrCl3N6O3. The van der Waals surface area contributed by atoms with E-state index in [1.807, 2.05) is 0 Å². The molecule has 0 aliphatic heterocycles. The van der Waals surface area contributed by atoms with Crippen LogP contribution in [0.1, 0.15) is 11.3 Å². The highest BCUT2D eigenvalue weighted by Crippen LogP contribution is 2.27. The summed E-state index contributed by atoms with van der Waals surface area (Å²) >= 11 is 21.3. The van der Waals surface area contributed by atoms with E-state index in [-0.39, 0.29) is 27.7 Å². The molecule has 0 saturated heterocycles. The molecule has 0 atom stereocenters. The Bertz CT molecular complexity index is 1110. The van der Waals surface area contributed by atoms with Crippen molar-refractivity contribution < 1.29 is 9.72 Å². The van der Waals surface area contributed by atoms with Crippen molar-refractivity contribution in [1.29, 1.82) is 0 Å². The minimum absolute atomic E-state index is 0.153. The van der Waals surface area contributed by atoms with E-state index in [1.165, 1.54) is 9.36 Å². The number of nitro groups is 1. The molecule has 3 rings (SSSR count). The first-order valence-corrected chi connectivity index (χ1v) is 9.92. The van der Waals surface area contributed by atoms with Crippen molar-refractivity contribution in [2.24, 2.45) is 0 Å². The molecule has 13 heteroatoms. The Kier molecular flexibility index (Phi) is 6.47. The minimum Gasteiger partial charge on any atom is -0.358 e. The van der Waals surface area contributed by atoms with Gasteiger partial charge < -0.3 is 15.4 Å². The lowest BCUT2D eigenvalue weighted by Crippen LogP contribution is -2.21. The van der Waals surface area contributed by atoms with Gasteiger partial charge in [-0.25, -0.2) is 0 Å². The SMILES string of the molecule is Cc1c(Br)c([N+](=O)[O-])nn1CC(=O)Nc1nn(Cc2ccc(Cl)cc2Cl)cc1Cl. The van der Waals surface area contributed by atoms with Crippen molar-refractivity contribution in [2.75, 3.05) is 5.32 Å². The smallest absolute Gasteiger partial charge is 0.358 e. The highest BCUT2D eigenvalue weighted by atomic mass is 79.9. The summed E-state index contributed by atoms with van der Waals surface area (Å²) in [5, 5.41) is 22.8. The van der Waals surface area contributed by atoms with E-state index in [1.54, 1.807) is 31.3 Å². The van der Waals surface area contributed by atoms with E-state index in [9.17, 15) is 14.9 Å². The molecule has 2 aromatic heterocycles. The van der Waals surface area contributed by atoms with Crippen molar-refractivity contribution in [3.8, 4) is 0 Å². The van der Waals surface area contributed by atoms with Crippen molar-refractivity contribution in [1.82, 2.24) is 19.6 Å². The Balaban J connectivity index is 1.72. The Hall–Kier alpha value is -2.14. The average Bonchev–Trinajstić information content (AvgIpc) is 3.11. The van der Waals surface area contributed by atoms with Crippen LogP contribution in [0.3, 0.4) is 0 Å². The van der Waals surface area contributed by atoms with Crippen molar-refractivity contribution >= 4 is 68.3 Å². The number of aromatic nitrogens is 4. The second-order valence-electron chi connectivity index (χ2n) is 5.94. The predicted molar refractivity (Wildman–Crippen MR) is 113 cm³/mol. The number of nitrogens with one attached hydrogen (secondary N) is 1. The van der Waals surface area contributed by atoms with Gasteiger partial charge in [-0.2, -0.15) is 9.78 Å². The fraction of sp³-hybridized carbons (Fsp3) is 0.188. The second kappa shape index (κ2) is 8.70. The zero-order chi connectivity index (χ0) is 21.3. The van der Waals surface area contributed by atoms with E-state index in [0.717, 1.165) is 5.56 Å². The van der Waals surface area contributed by atoms with Crippen LogP contribution in [-0.4, -0.2) is 30.4 Å². The Labute approximate surface area is 187 Å².